The molecule has 6 nitrogen and oxygen atoms in total. The van der Waals surface area contributed by atoms with Crippen molar-refractivity contribution in [3.05, 3.63) is 35.4 Å². The summed E-state index contributed by atoms with van der Waals surface area (Å²) in [6.07, 6.45) is 0.0977. The molecule has 0 amide bonds. The van der Waals surface area contributed by atoms with Gasteiger partial charge in [0.1, 0.15) is 6.10 Å². The Hall–Kier alpha value is -0.900. The highest BCUT2D eigenvalue weighted by atomic mass is 127. The Labute approximate surface area is 186 Å². The average Bonchev–Trinajstić information content (AvgIpc) is 2.72. The summed E-state index contributed by atoms with van der Waals surface area (Å²) >= 11 is 0. The molecule has 7 heteroatoms. The van der Waals surface area contributed by atoms with Gasteiger partial charge in [0.2, 0.25) is 0 Å². The van der Waals surface area contributed by atoms with E-state index in [2.05, 4.69) is 60.2 Å². The molecule has 2 heterocycles. The van der Waals surface area contributed by atoms with E-state index in [9.17, 15) is 0 Å². The fourth-order valence-electron chi connectivity index (χ4n) is 3.76. The van der Waals surface area contributed by atoms with Gasteiger partial charge in [-0.3, -0.25) is 9.89 Å². The van der Waals surface area contributed by atoms with E-state index in [4.69, 9.17) is 14.5 Å². The third-order valence-electron chi connectivity index (χ3n) is 5.41. The van der Waals surface area contributed by atoms with Crippen molar-refractivity contribution in [1.82, 2.24) is 15.1 Å². The molecule has 2 aliphatic rings. The number of aryl methyl sites for hydroxylation is 1. The quantitative estimate of drug-likeness (QED) is 0.381. The van der Waals surface area contributed by atoms with Crippen LogP contribution in [0.15, 0.2) is 29.3 Å². The van der Waals surface area contributed by atoms with Crippen LogP contribution in [0.5, 0.6) is 0 Å². The maximum Gasteiger partial charge on any atom is 0.194 e. The number of rotatable bonds is 5. The Kier molecular flexibility index (Phi) is 9.98. The van der Waals surface area contributed by atoms with E-state index in [-0.39, 0.29) is 30.1 Å². The maximum atomic E-state index is 6.08. The fraction of sp³-hybridized carbons (Fsp3) is 0.667. The van der Waals surface area contributed by atoms with Crippen LogP contribution in [0.4, 0.5) is 0 Å². The number of halogens is 1. The van der Waals surface area contributed by atoms with Gasteiger partial charge in [0.25, 0.3) is 0 Å². The van der Waals surface area contributed by atoms with Crippen molar-refractivity contribution in [3.8, 4) is 0 Å². The van der Waals surface area contributed by atoms with Gasteiger partial charge in [-0.15, -0.1) is 24.0 Å². The van der Waals surface area contributed by atoms with Crippen LogP contribution in [0.2, 0.25) is 0 Å². The highest BCUT2D eigenvalue weighted by Gasteiger charge is 2.25. The zero-order valence-electron chi connectivity index (χ0n) is 17.4. The summed E-state index contributed by atoms with van der Waals surface area (Å²) in [6.45, 7) is 14.3. The molecule has 1 aromatic carbocycles. The van der Waals surface area contributed by atoms with Gasteiger partial charge < -0.3 is 19.7 Å². The lowest BCUT2D eigenvalue weighted by Gasteiger charge is -2.36. The third-order valence-corrected chi connectivity index (χ3v) is 5.41. The summed E-state index contributed by atoms with van der Waals surface area (Å²) in [5, 5.41) is 3.47. The van der Waals surface area contributed by atoms with E-state index in [1.807, 2.05) is 0 Å². The Morgan fingerprint density at radius 1 is 1.21 bits per heavy atom. The number of nitrogens with zero attached hydrogens (tertiary/aromatic N) is 3. The fourth-order valence-corrected chi connectivity index (χ4v) is 3.76. The van der Waals surface area contributed by atoms with Gasteiger partial charge in [0, 0.05) is 32.2 Å². The number of hydrogen-bond acceptors (Lipinski definition) is 4. The standard InChI is InChI=1S/C21H34N4O2.HI/c1-4-22-21(23-15-18(3)24-9-12-26-13-10-24)25-11-14-27-20(16-25)19-8-6-5-7-17(19)2;/h5-8,18,20H,4,9-16H2,1-3H3,(H,22,23);1H. The molecule has 2 saturated heterocycles. The van der Waals surface area contributed by atoms with Gasteiger partial charge in [0.15, 0.2) is 5.96 Å². The summed E-state index contributed by atoms with van der Waals surface area (Å²) in [4.78, 5) is 9.76. The summed E-state index contributed by atoms with van der Waals surface area (Å²) in [5.74, 6) is 1.000. The van der Waals surface area contributed by atoms with Crippen LogP contribution in [0.1, 0.15) is 31.1 Å². The van der Waals surface area contributed by atoms with Crippen LogP contribution in [0.25, 0.3) is 0 Å². The van der Waals surface area contributed by atoms with E-state index in [1.165, 1.54) is 11.1 Å². The zero-order chi connectivity index (χ0) is 19.1. The van der Waals surface area contributed by atoms with Crippen LogP contribution in [0.3, 0.4) is 0 Å². The van der Waals surface area contributed by atoms with Gasteiger partial charge in [-0.25, -0.2) is 0 Å². The highest BCUT2D eigenvalue weighted by Crippen LogP contribution is 2.25. The molecule has 2 fully saturated rings. The van der Waals surface area contributed by atoms with Gasteiger partial charge in [0.05, 0.1) is 32.9 Å². The van der Waals surface area contributed by atoms with Crippen molar-refractivity contribution in [2.75, 3.05) is 59.1 Å². The second-order valence-electron chi connectivity index (χ2n) is 7.35. The summed E-state index contributed by atoms with van der Waals surface area (Å²) in [5.41, 5.74) is 2.56. The molecule has 158 valence electrons. The minimum absolute atomic E-state index is 0. The Morgan fingerprint density at radius 3 is 2.68 bits per heavy atom. The second-order valence-corrected chi connectivity index (χ2v) is 7.35. The predicted octanol–water partition coefficient (Wildman–Crippen LogP) is 2.67. The SMILES string of the molecule is CCNC(=NCC(C)N1CCOCC1)N1CCOC(c2ccccc2C)C1.I. The molecule has 0 spiro atoms. The molecule has 0 aromatic heterocycles. The lowest BCUT2D eigenvalue weighted by atomic mass is 10.0. The third kappa shape index (κ3) is 6.30. The minimum Gasteiger partial charge on any atom is -0.379 e. The molecule has 0 bridgehead atoms. The number of benzene rings is 1. The Bertz CT molecular complexity index is 622. The monoisotopic (exact) mass is 502 g/mol. The van der Waals surface area contributed by atoms with Crippen LogP contribution >= 0.6 is 24.0 Å². The smallest absolute Gasteiger partial charge is 0.194 e. The van der Waals surface area contributed by atoms with E-state index in [0.29, 0.717) is 6.04 Å². The van der Waals surface area contributed by atoms with Gasteiger partial charge in [-0.1, -0.05) is 24.3 Å². The first-order chi connectivity index (χ1) is 13.2. The van der Waals surface area contributed by atoms with Gasteiger partial charge in [-0.05, 0) is 31.9 Å². The minimum atomic E-state index is 0. The molecular weight excluding hydrogens is 467 g/mol. The van der Waals surface area contributed by atoms with Gasteiger partial charge >= 0.3 is 0 Å². The van der Waals surface area contributed by atoms with Crippen molar-refractivity contribution in [1.29, 1.82) is 0 Å². The summed E-state index contributed by atoms with van der Waals surface area (Å²) in [6, 6.07) is 8.93. The first-order valence-electron chi connectivity index (χ1n) is 10.2. The molecule has 0 aliphatic carbocycles. The largest absolute Gasteiger partial charge is 0.379 e. The number of morpholine rings is 2. The molecular formula is C21H35IN4O2. The number of ether oxygens (including phenoxy) is 2. The number of aliphatic imine (C=N–C) groups is 1. The average molecular weight is 502 g/mol. The lowest BCUT2D eigenvalue weighted by molar-refractivity contribution is -0.00847. The first-order valence-corrected chi connectivity index (χ1v) is 10.2. The number of guanidine groups is 1. The Morgan fingerprint density at radius 2 is 1.96 bits per heavy atom. The molecule has 1 aromatic rings. The maximum absolute atomic E-state index is 6.08. The van der Waals surface area contributed by atoms with Crippen molar-refractivity contribution in [2.24, 2.45) is 4.99 Å². The van der Waals surface area contributed by atoms with Crippen LogP contribution in [-0.2, 0) is 9.47 Å². The molecule has 3 rings (SSSR count). The lowest BCUT2D eigenvalue weighted by Crippen LogP contribution is -2.49. The van der Waals surface area contributed by atoms with Crippen molar-refractivity contribution in [3.63, 3.8) is 0 Å². The molecule has 1 N–H and O–H groups in total. The molecule has 0 saturated carbocycles. The van der Waals surface area contributed by atoms with Crippen LogP contribution < -0.4 is 5.32 Å². The van der Waals surface area contributed by atoms with E-state index >= 15 is 0 Å². The normalized spacial score (nSPS) is 22.5. The summed E-state index contributed by atoms with van der Waals surface area (Å²) in [7, 11) is 0. The van der Waals surface area contributed by atoms with E-state index in [0.717, 1.165) is 65.0 Å². The molecule has 2 unspecified atom stereocenters. The van der Waals surface area contributed by atoms with Crippen molar-refractivity contribution in [2.45, 2.75) is 32.9 Å². The molecule has 2 atom stereocenters. The van der Waals surface area contributed by atoms with Crippen molar-refractivity contribution >= 4 is 29.9 Å². The topological polar surface area (TPSA) is 49.3 Å². The highest BCUT2D eigenvalue weighted by molar-refractivity contribution is 14.0. The zero-order valence-corrected chi connectivity index (χ0v) is 19.7. The van der Waals surface area contributed by atoms with Crippen LogP contribution in [-0.4, -0.2) is 80.9 Å². The predicted molar refractivity (Wildman–Crippen MR) is 125 cm³/mol. The number of hydrogen-bond donors (Lipinski definition) is 1. The molecule has 0 radical (unpaired) electrons. The van der Waals surface area contributed by atoms with Gasteiger partial charge in [-0.2, -0.15) is 0 Å². The van der Waals surface area contributed by atoms with Crippen molar-refractivity contribution < 1.29 is 9.47 Å². The number of nitrogens with one attached hydrogen (secondary N) is 1. The Balaban J connectivity index is 0.00000280. The second kappa shape index (κ2) is 11.9. The first kappa shape index (κ1) is 23.4. The summed E-state index contributed by atoms with van der Waals surface area (Å²) < 4.78 is 11.5. The van der Waals surface area contributed by atoms with Crippen LogP contribution in [0, 0.1) is 6.92 Å². The molecule has 28 heavy (non-hydrogen) atoms. The van der Waals surface area contributed by atoms with E-state index < -0.39 is 0 Å². The molecule has 2 aliphatic heterocycles. The van der Waals surface area contributed by atoms with E-state index in [1.54, 1.807) is 0 Å².